The summed E-state index contributed by atoms with van der Waals surface area (Å²) in [4.78, 5) is 56.1. The number of aliphatic carboxylic acids is 2. The van der Waals surface area contributed by atoms with Crippen molar-refractivity contribution >= 4 is 62.6 Å². The standard InChI is InChI=1S/C49H64N4O6.Fe/c1-9-34-31(6)39-25-45-49(46(55)18-12-17-30(5)16-11-15-29(4)14-10-13-28(2)3)33(8)40(52-45)24-44-37(27-54)36(20-22-48(58)59)43(53-44)26-42-35(19-21-47(56)57)32(7)38(51-42)23-41(34)50-39;/h9,23-30,46,55H,1,10-22H2,2-8H3,(H4,50,51,52,53,54,56,57,58,59);/q;+3/p-2/t29?,30?,46-;/m0./s1. The van der Waals surface area contributed by atoms with Gasteiger partial charge in [0.15, 0.2) is 6.29 Å². The molecule has 2 aliphatic rings. The van der Waals surface area contributed by atoms with Crippen molar-refractivity contribution in [2.45, 2.75) is 138 Å². The summed E-state index contributed by atoms with van der Waals surface area (Å²) in [5.41, 5.74) is 9.64. The van der Waals surface area contributed by atoms with Crippen LogP contribution in [0.2, 0.25) is 0 Å². The molecule has 3 N–H and O–H groups in total. The first-order chi connectivity index (χ1) is 28.1. The van der Waals surface area contributed by atoms with Gasteiger partial charge in [0, 0.05) is 24.0 Å². The van der Waals surface area contributed by atoms with Crippen LogP contribution in [0, 0.1) is 31.6 Å². The van der Waals surface area contributed by atoms with Gasteiger partial charge in [-0.1, -0.05) is 133 Å². The molecule has 0 fully saturated rings. The zero-order valence-corrected chi connectivity index (χ0v) is 37.5. The maximum atomic E-state index is 12.8. The molecule has 3 aromatic rings. The number of aryl methyl sites for hydroxylation is 3. The number of fused-ring (bicyclic) bond motifs is 8. The van der Waals surface area contributed by atoms with E-state index in [0.717, 1.165) is 52.5 Å². The zero-order valence-electron chi connectivity index (χ0n) is 36.4. The average Bonchev–Trinajstić information content (AvgIpc) is 3.85. The van der Waals surface area contributed by atoms with E-state index in [1.807, 2.05) is 32.9 Å². The Bertz CT molecular complexity index is 2300. The van der Waals surface area contributed by atoms with Crippen molar-refractivity contribution in [2.75, 3.05) is 0 Å². The topological polar surface area (TPSA) is 166 Å². The van der Waals surface area contributed by atoms with Crippen LogP contribution in [0.3, 0.4) is 0 Å². The van der Waals surface area contributed by atoms with Crippen LogP contribution in [0.25, 0.3) is 44.4 Å². The molecule has 5 heterocycles. The Labute approximate surface area is 365 Å². The molecule has 2 aliphatic heterocycles. The molecule has 321 valence electrons. The minimum absolute atomic E-state index is 0. The maximum absolute atomic E-state index is 12.8. The maximum Gasteiger partial charge on any atom is 3.00 e. The summed E-state index contributed by atoms with van der Waals surface area (Å²) in [6.07, 6.45) is 11.6. The molecular weight excluding hydrogens is 796 g/mol. The van der Waals surface area contributed by atoms with Gasteiger partial charge in [0.1, 0.15) is 0 Å². The van der Waals surface area contributed by atoms with E-state index in [-0.39, 0.29) is 48.3 Å². The number of aromatic nitrogens is 4. The van der Waals surface area contributed by atoms with Gasteiger partial charge in [-0.05, 0) is 74.5 Å². The summed E-state index contributed by atoms with van der Waals surface area (Å²) in [7, 11) is 0. The molecule has 5 rings (SSSR count). The number of carbonyl (C=O) groups is 3. The predicted octanol–water partition coefficient (Wildman–Crippen LogP) is 10.8. The fraction of sp³-hybridized carbons (Fsp3) is 0.490. The van der Waals surface area contributed by atoms with Crippen molar-refractivity contribution < 1.29 is 46.8 Å². The molecular formula is C49H62FeN4O6+. The molecule has 2 unspecified atom stereocenters. The number of hydrogen-bond donors (Lipinski definition) is 3. The molecule has 3 atom stereocenters. The summed E-state index contributed by atoms with van der Waals surface area (Å²) >= 11 is 0. The Hall–Kier alpha value is -4.57. The Morgan fingerprint density at radius 2 is 1.18 bits per heavy atom. The second-order valence-corrected chi connectivity index (χ2v) is 17.2. The van der Waals surface area contributed by atoms with Crippen molar-refractivity contribution in [2.24, 2.45) is 17.8 Å². The third-order valence-electron chi connectivity index (χ3n) is 12.1. The number of allylic oxidation sites excluding steroid dienone is 5. The van der Waals surface area contributed by atoms with E-state index >= 15 is 0 Å². The molecule has 3 aromatic heterocycles. The third kappa shape index (κ3) is 11.8. The first kappa shape index (κ1) is 48.1. The van der Waals surface area contributed by atoms with Gasteiger partial charge >= 0.3 is 29.0 Å². The Morgan fingerprint density at radius 3 is 1.77 bits per heavy atom. The van der Waals surface area contributed by atoms with E-state index in [0.29, 0.717) is 74.6 Å². The number of nitrogens with zero attached hydrogens (tertiary/aromatic N) is 4. The van der Waals surface area contributed by atoms with Crippen LogP contribution in [0.1, 0.15) is 163 Å². The molecule has 8 bridgehead atoms. The van der Waals surface area contributed by atoms with Crippen molar-refractivity contribution in [3.05, 3.63) is 81.9 Å². The Balaban J connectivity index is 0.00000794. The molecule has 0 saturated carbocycles. The number of carboxylic acid groups (broad SMARTS) is 2. The van der Waals surface area contributed by atoms with Gasteiger partial charge in [0.2, 0.25) is 0 Å². The predicted molar refractivity (Wildman–Crippen MR) is 236 cm³/mol. The van der Waals surface area contributed by atoms with Crippen molar-refractivity contribution in [3.63, 3.8) is 0 Å². The summed E-state index contributed by atoms with van der Waals surface area (Å²) in [5, 5.41) is 31.1. The van der Waals surface area contributed by atoms with E-state index in [4.69, 9.17) is 19.9 Å². The fourth-order valence-corrected chi connectivity index (χ4v) is 8.53. The average molecular weight is 859 g/mol. The normalized spacial score (nSPS) is 14.3. The molecule has 0 saturated heterocycles. The van der Waals surface area contributed by atoms with Crippen LogP contribution in [0.4, 0.5) is 0 Å². The van der Waals surface area contributed by atoms with E-state index in [9.17, 15) is 29.7 Å². The van der Waals surface area contributed by atoms with Crippen LogP contribution in [-0.2, 0) is 37.9 Å². The number of carboxylic acids is 2. The van der Waals surface area contributed by atoms with Crippen LogP contribution in [0.15, 0.2) is 36.9 Å². The second kappa shape index (κ2) is 21.8. The van der Waals surface area contributed by atoms with Gasteiger partial charge in [-0.2, -0.15) is 0 Å². The van der Waals surface area contributed by atoms with Gasteiger partial charge < -0.3 is 25.3 Å². The van der Waals surface area contributed by atoms with Gasteiger partial charge in [-0.25, -0.2) is 9.97 Å². The van der Waals surface area contributed by atoms with E-state index < -0.39 is 18.0 Å². The summed E-state index contributed by atoms with van der Waals surface area (Å²) in [5.74, 6) is 0.103. The van der Waals surface area contributed by atoms with E-state index in [1.54, 1.807) is 18.2 Å². The largest absolute Gasteiger partial charge is 3.00 e. The smallest absolute Gasteiger partial charge is 0.657 e. The third-order valence-corrected chi connectivity index (χ3v) is 12.1. The van der Waals surface area contributed by atoms with Gasteiger partial charge in [-0.15, -0.1) is 22.1 Å². The molecule has 1 radical (unpaired) electrons. The Morgan fingerprint density at radius 1 is 0.683 bits per heavy atom. The van der Waals surface area contributed by atoms with Crippen LogP contribution >= 0.6 is 0 Å². The fourth-order valence-electron chi connectivity index (χ4n) is 8.53. The minimum atomic E-state index is -1.02. The molecule has 0 amide bonds. The number of aldehydes is 1. The number of aliphatic hydroxyl groups excluding tert-OH is 1. The Kier molecular flexibility index (Phi) is 17.5. The quantitative estimate of drug-likeness (QED) is 0.0693. The number of hydrogen-bond acceptors (Lipinski definition) is 6. The SMILES string of the molecule is C=CC1=C(C)c2cc3[n-]c(cc4nc(cc5[n-]c(cc1n2)c(C)c5CCC(=O)O)C(CCC(=O)O)=C4C=O)c(C)c3[C@@H](O)CCCC(C)CCCC(C)CCCC(C)C.[Fe+3]. The minimum Gasteiger partial charge on any atom is -0.657 e. The van der Waals surface area contributed by atoms with Crippen molar-refractivity contribution in [1.29, 1.82) is 0 Å². The first-order valence-corrected chi connectivity index (χ1v) is 21.4. The zero-order chi connectivity index (χ0) is 43.0. The number of rotatable bonds is 21. The van der Waals surface area contributed by atoms with Crippen molar-refractivity contribution in [1.82, 2.24) is 19.9 Å². The molecule has 10 nitrogen and oxygen atoms in total. The summed E-state index contributed by atoms with van der Waals surface area (Å²) in [6.45, 7) is 19.1. The van der Waals surface area contributed by atoms with E-state index in [1.165, 1.54) is 38.5 Å². The van der Waals surface area contributed by atoms with Crippen LogP contribution in [0.5, 0.6) is 0 Å². The molecule has 0 aliphatic carbocycles. The molecule has 11 heteroatoms. The monoisotopic (exact) mass is 858 g/mol. The van der Waals surface area contributed by atoms with Crippen LogP contribution in [-0.4, -0.2) is 43.5 Å². The molecule has 0 aromatic carbocycles. The molecule has 0 spiro atoms. The first-order valence-electron chi connectivity index (χ1n) is 21.4. The van der Waals surface area contributed by atoms with Crippen LogP contribution < -0.4 is 9.97 Å². The number of aliphatic hydroxyl groups is 1. The van der Waals surface area contributed by atoms with Gasteiger partial charge in [0.05, 0.1) is 28.9 Å². The molecule has 60 heavy (non-hydrogen) atoms. The van der Waals surface area contributed by atoms with Gasteiger partial charge in [0.25, 0.3) is 0 Å². The summed E-state index contributed by atoms with van der Waals surface area (Å²) in [6, 6.07) is 7.20. The van der Waals surface area contributed by atoms with Gasteiger partial charge in [-0.3, -0.25) is 14.4 Å². The summed E-state index contributed by atoms with van der Waals surface area (Å²) < 4.78 is 0. The van der Waals surface area contributed by atoms with Crippen molar-refractivity contribution in [3.8, 4) is 0 Å². The van der Waals surface area contributed by atoms with E-state index in [2.05, 4.69) is 34.3 Å². The second-order valence-electron chi connectivity index (χ2n) is 17.2. The number of carbonyl (C=O) groups excluding carboxylic acids is 1.